The van der Waals surface area contributed by atoms with Gasteiger partial charge in [0.05, 0.1) is 17.5 Å². The lowest BCUT2D eigenvalue weighted by Gasteiger charge is -2.11. The van der Waals surface area contributed by atoms with Gasteiger partial charge in [-0.05, 0) is 30.7 Å². The van der Waals surface area contributed by atoms with Crippen molar-refractivity contribution in [3.05, 3.63) is 71.3 Å². The summed E-state index contributed by atoms with van der Waals surface area (Å²) in [5.41, 5.74) is 3.38. The summed E-state index contributed by atoms with van der Waals surface area (Å²) in [5, 5.41) is 10.6. The Balaban J connectivity index is 1.92. The molecule has 0 saturated heterocycles. The highest BCUT2D eigenvalue weighted by molar-refractivity contribution is 6.06. The number of anilines is 1. The molecule has 0 atom stereocenters. The molecular weight excluding hydrogens is 347 g/mol. The molecule has 2 aromatic carbocycles. The number of carbonyl (C=O) groups is 1. The van der Waals surface area contributed by atoms with Crippen molar-refractivity contribution in [2.24, 2.45) is 12.2 Å². The number of nitrogens with zero attached hydrogens (tertiary/aromatic N) is 3. The Morgan fingerprint density at radius 1 is 1.30 bits per heavy atom. The van der Waals surface area contributed by atoms with Gasteiger partial charge in [0, 0.05) is 30.1 Å². The van der Waals surface area contributed by atoms with Crippen molar-refractivity contribution >= 4 is 17.8 Å². The van der Waals surface area contributed by atoms with Crippen LogP contribution in [0, 0.1) is 12.7 Å². The first-order valence-electron chi connectivity index (χ1n) is 8.26. The summed E-state index contributed by atoms with van der Waals surface area (Å²) in [6.45, 7) is 1.77. The molecule has 0 fully saturated rings. The molecule has 0 unspecified atom stereocenters. The van der Waals surface area contributed by atoms with E-state index in [0.29, 0.717) is 33.6 Å². The molecule has 0 saturated carbocycles. The maximum Gasteiger partial charge on any atom is 0.259 e. The third kappa shape index (κ3) is 4.03. The van der Waals surface area contributed by atoms with Gasteiger partial charge in [-0.25, -0.2) is 4.39 Å². The topological polar surface area (TPSA) is 68.5 Å². The Morgan fingerprint density at radius 3 is 2.74 bits per heavy atom. The van der Waals surface area contributed by atoms with Gasteiger partial charge in [0.25, 0.3) is 5.91 Å². The molecule has 0 bridgehead atoms. The molecule has 0 aliphatic carbocycles. The molecule has 0 radical (unpaired) electrons. The van der Waals surface area contributed by atoms with E-state index in [0.717, 1.165) is 0 Å². The number of halogens is 1. The number of hydrogen-bond donors (Lipinski definition) is 1. The minimum absolute atomic E-state index is 0.266. The summed E-state index contributed by atoms with van der Waals surface area (Å²) in [6, 6.07) is 12.0. The zero-order chi connectivity index (χ0) is 19.4. The van der Waals surface area contributed by atoms with Crippen molar-refractivity contribution in [1.82, 2.24) is 9.78 Å². The number of oxime groups is 1. The predicted molar refractivity (Wildman–Crippen MR) is 102 cm³/mol. The number of aromatic nitrogens is 2. The van der Waals surface area contributed by atoms with E-state index in [4.69, 9.17) is 0 Å². The first-order chi connectivity index (χ1) is 13.0. The molecule has 27 heavy (non-hydrogen) atoms. The van der Waals surface area contributed by atoms with E-state index in [1.54, 1.807) is 43.0 Å². The number of para-hydroxylation sites is 1. The Kier molecular flexibility index (Phi) is 5.30. The van der Waals surface area contributed by atoms with Crippen molar-refractivity contribution in [3.63, 3.8) is 0 Å². The molecule has 6 nitrogen and oxygen atoms in total. The van der Waals surface area contributed by atoms with Crippen LogP contribution >= 0.6 is 0 Å². The second kappa shape index (κ2) is 7.82. The first kappa shape index (κ1) is 18.3. The molecule has 1 aromatic heterocycles. The van der Waals surface area contributed by atoms with Crippen LogP contribution in [0.25, 0.3) is 11.1 Å². The summed E-state index contributed by atoms with van der Waals surface area (Å²) in [4.78, 5) is 17.2. The monoisotopic (exact) mass is 366 g/mol. The maximum absolute atomic E-state index is 14.3. The zero-order valence-corrected chi connectivity index (χ0v) is 15.2. The van der Waals surface area contributed by atoms with E-state index in [1.807, 2.05) is 18.2 Å². The average molecular weight is 366 g/mol. The quantitative estimate of drug-likeness (QED) is 0.552. The van der Waals surface area contributed by atoms with Gasteiger partial charge in [-0.1, -0.05) is 29.4 Å². The highest BCUT2D eigenvalue weighted by Crippen LogP contribution is 2.29. The van der Waals surface area contributed by atoms with Crippen LogP contribution < -0.4 is 5.32 Å². The highest BCUT2D eigenvalue weighted by Gasteiger charge is 2.15. The van der Waals surface area contributed by atoms with Gasteiger partial charge in [-0.15, -0.1) is 0 Å². The van der Waals surface area contributed by atoms with E-state index in [9.17, 15) is 9.18 Å². The van der Waals surface area contributed by atoms with Crippen LogP contribution in [-0.4, -0.2) is 29.0 Å². The van der Waals surface area contributed by atoms with E-state index >= 15 is 0 Å². The first-order valence-corrected chi connectivity index (χ1v) is 8.26. The molecule has 3 rings (SSSR count). The summed E-state index contributed by atoms with van der Waals surface area (Å²) in [7, 11) is 3.15. The van der Waals surface area contributed by atoms with Crippen molar-refractivity contribution in [2.75, 3.05) is 12.4 Å². The molecule has 0 spiro atoms. The third-order valence-corrected chi connectivity index (χ3v) is 4.04. The van der Waals surface area contributed by atoms with Crippen LogP contribution in [0.5, 0.6) is 0 Å². The molecule has 0 aliphatic heterocycles. The summed E-state index contributed by atoms with van der Waals surface area (Å²) < 4.78 is 15.9. The number of nitrogens with one attached hydrogen (secondary N) is 1. The van der Waals surface area contributed by atoms with Gasteiger partial charge in [0.15, 0.2) is 0 Å². The largest absolute Gasteiger partial charge is 0.399 e. The molecule has 0 aliphatic rings. The van der Waals surface area contributed by atoms with Crippen molar-refractivity contribution in [3.8, 4) is 11.1 Å². The number of benzene rings is 2. The normalized spacial score (nSPS) is 11.0. The molecule has 1 amide bonds. The van der Waals surface area contributed by atoms with Crippen molar-refractivity contribution < 1.29 is 14.0 Å². The molecule has 1 heterocycles. The van der Waals surface area contributed by atoms with Crippen LogP contribution in [0.3, 0.4) is 0 Å². The predicted octanol–water partition coefficient (Wildman–Crippen LogP) is 3.77. The maximum atomic E-state index is 14.3. The fourth-order valence-electron chi connectivity index (χ4n) is 2.76. The van der Waals surface area contributed by atoms with Crippen LogP contribution in [0.15, 0.2) is 53.8 Å². The van der Waals surface area contributed by atoms with Gasteiger partial charge in [0.1, 0.15) is 12.9 Å². The highest BCUT2D eigenvalue weighted by atomic mass is 19.1. The van der Waals surface area contributed by atoms with Crippen LogP contribution in [0.1, 0.15) is 21.6 Å². The summed E-state index contributed by atoms with van der Waals surface area (Å²) >= 11 is 0. The second-order valence-corrected chi connectivity index (χ2v) is 5.95. The molecule has 7 heteroatoms. The lowest BCUT2D eigenvalue weighted by Crippen LogP contribution is -2.13. The minimum Gasteiger partial charge on any atom is -0.399 e. The van der Waals surface area contributed by atoms with Crippen LogP contribution in [0.4, 0.5) is 10.1 Å². The van der Waals surface area contributed by atoms with Gasteiger partial charge in [-0.3, -0.25) is 9.48 Å². The van der Waals surface area contributed by atoms with Gasteiger partial charge in [0.2, 0.25) is 0 Å². The SMILES string of the molecule is CO/N=C/c1ccc(-c2ccccc2NC(=O)c2cn(C)nc2C)cc1F. The number of hydrogen-bond acceptors (Lipinski definition) is 4. The third-order valence-electron chi connectivity index (χ3n) is 4.04. The molecule has 1 N–H and O–H groups in total. The van der Waals surface area contributed by atoms with Gasteiger partial charge < -0.3 is 10.2 Å². The van der Waals surface area contributed by atoms with E-state index in [1.165, 1.54) is 19.4 Å². The standard InChI is InChI=1S/C20H19FN4O2/c1-13-17(12-25(2)24-13)20(26)23-19-7-5-4-6-16(19)14-8-9-15(11-22-27-3)18(21)10-14/h4-12H,1-3H3,(H,23,26)/b22-11+. The number of amides is 1. The van der Waals surface area contributed by atoms with Crippen molar-refractivity contribution in [2.45, 2.75) is 6.92 Å². The van der Waals surface area contributed by atoms with Crippen LogP contribution in [0.2, 0.25) is 0 Å². The summed E-state index contributed by atoms with van der Waals surface area (Å²) in [6.07, 6.45) is 2.97. The molecular formula is C20H19FN4O2. The fourth-order valence-corrected chi connectivity index (χ4v) is 2.76. The van der Waals surface area contributed by atoms with E-state index < -0.39 is 5.82 Å². The van der Waals surface area contributed by atoms with Crippen molar-refractivity contribution in [1.29, 1.82) is 0 Å². The van der Waals surface area contributed by atoms with Gasteiger partial charge in [-0.2, -0.15) is 5.10 Å². The summed E-state index contributed by atoms with van der Waals surface area (Å²) in [5.74, 6) is -0.699. The Hall–Kier alpha value is -3.48. The second-order valence-electron chi connectivity index (χ2n) is 5.95. The number of carbonyl (C=O) groups excluding carboxylic acids is 1. The Morgan fingerprint density at radius 2 is 2.07 bits per heavy atom. The van der Waals surface area contributed by atoms with E-state index in [2.05, 4.69) is 20.4 Å². The smallest absolute Gasteiger partial charge is 0.259 e. The number of aryl methyl sites for hydroxylation is 2. The minimum atomic E-state index is -0.433. The lowest BCUT2D eigenvalue weighted by molar-refractivity contribution is 0.102. The van der Waals surface area contributed by atoms with Crippen LogP contribution in [-0.2, 0) is 11.9 Å². The van der Waals surface area contributed by atoms with Gasteiger partial charge >= 0.3 is 0 Å². The van der Waals surface area contributed by atoms with E-state index in [-0.39, 0.29) is 5.91 Å². The average Bonchev–Trinajstić information content (AvgIpc) is 2.99. The number of rotatable bonds is 5. The Labute approximate surface area is 156 Å². The Bertz CT molecular complexity index is 1010. The molecule has 138 valence electrons. The molecule has 3 aromatic rings. The lowest BCUT2D eigenvalue weighted by atomic mass is 10.0. The zero-order valence-electron chi connectivity index (χ0n) is 15.2. The fraction of sp³-hybridized carbons (Fsp3) is 0.150.